The lowest BCUT2D eigenvalue weighted by atomic mass is 10.1. The molecule has 0 fully saturated rings. The Morgan fingerprint density at radius 2 is 2.17 bits per heavy atom. The Labute approximate surface area is 120 Å². The monoisotopic (exact) mass is 284 g/mol. The van der Waals surface area contributed by atoms with E-state index in [2.05, 4.69) is 19.2 Å². The molecule has 18 heavy (non-hydrogen) atoms. The standard InChI is InChI=1S/C14H21ClN2S/c1-3-4-5-6-10(2)17-13-9-11(15)7-8-12(13)14(16)18/h7-10,17H,3-6H2,1-2H3,(H2,16,18). The lowest BCUT2D eigenvalue weighted by molar-refractivity contribution is 0.615. The summed E-state index contributed by atoms with van der Waals surface area (Å²) in [4.78, 5) is 0.398. The maximum atomic E-state index is 6.01. The molecule has 4 heteroatoms. The van der Waals surface area contributed by atoms with Gasteiger partial charge in [0.25, 0.3) is 0 Å². The summed E-state index contributed by atoms with van der Waals surface area (Å²) in [7, 11) is 0. The van der Waals surface area contributed by atoms with E-state index in [4.69, 9.17) is 29.6 Å². The fourth-order valence-corrected chi connectivity index (χ4v) is 2.24. The van der Waals surface area contributed by atoms with Gasteiger partial charge < -0.3 is 11.1 Å². The van der Waals surface area contributed by atoms with Gasteiger partial charge in [0, 0.05) is 22.3 Å². The molecule has 0 amide bonds. The summed E-state index contributed by atoms with van der Waals surface area (Å²) in [6, 6.07) is 5.95. The summed E-state index contributed by atoms with van der Waals surface area (Å²) in [5.74, 6) is 0. The van der Waals surface area contributed by atoms with Gasteiger partial charge in [0.05, 0.1) is 0 Å². The fourth-order valence-electron chi connectivity index (χ4n) is 1.89. The molecular weight excluding hydrogens is 264 g/mol. The third kappa shape index (κ3) is 4.83. The number of unbranched alkanes of at least 4 members (excludes halogenated alkanes) is 2. The Hall–Kier alpha value is -0.800. The molecule has 100 valence electrons. The second kappa shape index (κ2) is 7.59. The minimum Gasteiger partial charge on any atom is -0.389 e. The van der Waals surface area contributed by atoms with Crippen molar-refractivity contribution in [2.24, 2.45) is 5.73 Å². The first-order valence-electron chi connectivity index (χ1n) is 6.40. The van der Waals surface area contributed by atoms with Crippen molar-refractivity contribution in [3.05, 3.63) is 28.8 Å². The van der Waals surface area contributed by atoms with E-state index < -0.39 is 0 Å². The molecule has 0 bridgehead atoms. The van der Waals surface area contributed by atoms with E-state index in [1.54, 1.807) is 0 Å². The number of anilines is 1. The van der Waals surface area contributed by atoms with Crippen molar-refractivity contribution in [2.45, 2.75) is 45.6 Å². The Morgan fingerprint density at radius 1 is 1.44 bits per heavy atom. The second-order valence-corrected chi connectivity index (χ2v) is 5.47. The van der Waals surface area contributed by atoms with E-state index in [1.807, 2.05) is 18.2 Å². The zero-order valence-electron chi connectivity index (χ0n) is 11.0. The minimum absolute atomic E-state index is 0.392. The van der Waals surface area contributed by atoms with E-state index in [-0.39, 0.29) is 0 Å². The molecule has 0 saturated carbocycles. The molecule has 0 aliphatic heterocycles. The average Bonchev–Trinajstić information content (AvgIpc) is 2.29. The van der Waals surface area contributed by atoms with E-state index in [0.29, 0.717) is 16.1 Å². The molecule has 0 spiro atoms. The predicted octanol–water partition coefficient (Wildman–Crippen LogP) is 4.35. The molecule has 1 unspecified atom stereocenters. The van der Waals surface area contributed by atoms with Crippen LogP contribution >= 0.6 is 23.8 Å². The first-order chi connectivity index (χ1) is 8.54. The van der Waals surface area contributed by atoms with Gasteiger partial charge in [0.1, 0.15) is 4.99 Å². The highest BCUT2D eigenvalue weighted by atomic mass is 35.5. The molecular formula is C14H21ClN2S. The Kier molecular flexibility index (Phi) is 6.44. The summed E-state index contributed by atoms with van der Waals surface area (Å²) in [6.07, 6.45) is 4.87. The normalized spacial score (nSPS) is 12.2. The topological polar surface area (TPSA) is 38.0 Å². The predicted molar refractivity (Wildman–Crippen MR) is 84.6 cm³/mol. The number of hydrogen-bond acceptors (Lipinski definition) is 2. The zero-order valence-corrected chi connectivity index (χ0v) is 12.6. The molecule has 0 heterocycles. The molecule has 1 atom stereocenters. The van der Waals surface area contributed by atoms with Crippen molar-refractivity contribution < 1.29 is 0 Å². The molecule has 1 aromatic carbocycles. The first kappa shape index (κ1) is 15.3. The highest BCUT2D eigenvalue weighted by Crippen LogP contribution is 2.22. The van der Waals surface area contributed by atoms with Crippen LogP contribution in [0.1, 0.15) is 45.1 Å². The lowest BCUT2D eigenvalue weighted by Crippen LogP contribution is -2.19. The van der Waals surface area contributed by atoms with Crippen molar-refractivity contribution in [2.75, 3.05) is 5.32 Å². The number of thiocarbonyl (C=S) groups is 1. The first-order valence-corrected chi connectivity index (χ1v) is 7.19. The van der Waals surface area contributed by atoms with Crippen molar-refractivity contribution in [1.82, 2.24) is 0 Å². The molecule has 2 nitrogen and oxygen atoms in total. The van der Waals surface area contributed by atoms with Crippen LogP contribution in [0.25, 0.3) is 0 Å². The number of halogens is 1. The summed E-state index contributed by atoms with van der Waals surface area (Å²) < 4.78 is 0. The van der Waals surface area contributed by atoms with Gasteiger partial charge in [-0.3, -0.25) is 0 Å². The van der Waals surface area contributed by atoms with Crippen LogP contribution in [-0.4, -0.2) is 11.0 Å². The van der Waals surface area contributed by atoms with Gasteiger partial charge in [0.2, 0.25) is 0 Å². The number of benzene rings is 1. The molecule has 0 saturated heterocycles. The van der Waals surface area contributed by atoms with Crippen molar-refractivity contribution in [3.63, 3.8) is 0 Å². The number of nitrogens with one attached hydrogen (secondary N) is 1. The fraction of sp³-hybridized carbons (Fsp3) is 0.500. The quantitative estimate of drug-likeness (QED) is 0.577. The third-order valence-corrected chi connectivity index (χ3v) is 3.34. The van der Waals surface area contributed by atoms with E-state index in [1.165, 1.54) is 19.3 Å². The van der Waals surface area contributed by atoms with Crippen molar-refractivity contribution in [1.29, 1.82) is 0 Å². The Bertz CT molecular complexity index is 407. The third-order valence-electron chi connectivity index (χ3n) is 2.89. The largest absolute Gasteiger partial charge is 0.389 e. The van der Waals surface area contributed by atoms with Crippen LogP contribution in [0.3, 0.4) is 0 Å². The zero-order chi connectivity index (χ0) is 13.5. The number of rotatable bonds is 7. The maximum Gasteiger partial charge on any atom is 0.106 e. The number of nitrogens with two attached hydrogens (primary N) is 1. The van der Waals surface area contributed by atoms with Crippen LogP contribution in [0.15, 0.2) is 18.2 Å². The Morgan fingerprint density at radius 3 is 2.78 bits per heavy atom. The second-order valence-electron chi connectivity index (χ2n) is 4.60. The summed E-state index contributed by atoms with van der Waals surface area (Å²) in [6.45, 7) is 4.37. The van der Waals surface area contributed by atoms with Gasteiger partial charge in [-0.2, -0.15) is 0 Å². The van der Waals surface area contributed by atoms with Gasteiger partial charge in [-0.15, -0.1) is 0 Å². The molecule has 0 aromatic heterocycles. The van der Waals surface area contributed by atoms with Gasteiger partial charge in [-0.1, -0.05) is 50.0 Å². The van der Waals surface area contributed by atoms with E-state index >= 15 is 0 Å². The smallest absolute Gasteiger partial charge is 0.106 e. The molecule has 0 radical (unpaired) electrons. The van der Waals surface area contributed by atoms with Crippen LogP contribution in [-0.2, 0) is 0 Å². The highest BCUT2D eigenvalue weighted by molar-refractivity contribution is 7.80. The molecule has 1 rings (SSSR count). The van der Waals surface area contributed by atoms with Crippen LogP contribution in [0.4, 0.5) is 5.69 Å². The molecule has 1 aromatic rings. The van der Waals surface area contributed by atoms with Crippen LogP contribution in [0.5, 0.6) is 0 Å². The van der Waals surface area contributed by atoms with Crippen molar-refractivity contribution in [3.8, 4) is 0 Å². The SMILES string of the molecule is CCCCCC(C)Nc1cc(Cl)ccc1C(N)=S. The van der Waals surface area contributed by atoms with Crippen LogP contribution in [0.2, 0.25) is 5.02 Å². The summed E-state index contributed by atoms with van der Waals surface area (Å²) in [5.41, 5.74) is 7.50. The molecule has 3 N–H and O–H groups in total. The number of hydrogen-bond donors (Lipinski definition) is 2. The van der Waals surface area contributed by atoms with Gasteiger partial charge >= 0.3 is 0 Å². The average molecular weight is 285 g/mol. The Balaban J connectivity index is 2.70. The van der Waals surface area contributed by atoms with Gasteiger partial charge in [-0.05, 0) is 31.5 Å². The van der Waals surface area contributed by atoms with E-state index in [9.17, 15) is 0 Å². The maximum absolute atomic E-state index is 6.01. The van der Waals surface area contributed by atoms with Gasteiger partial charge in [0.15, 0.2) is 0 Å². The van der Waals surface area contributed by atoms with Crippen LogP contribution < -0.4 is 11.1 Å². The van der Waals surface area contributed by atoms with Gasteiger partial charge in [-0.25, -0.2) is 0 Å². The van der Waals surface area contributed by atoms with Crippen molar-refractivity contribution >= 4 is 34.5 Å². The molecule has 0 aliphatic rings. The van der Waals surface area contributed by atoms with Crippen LogP contribution in [0, 0.1) is 0 Å². The summed E-state index contributed by atoms with van der Waals surface area (Å²) in [5, 5.41) is 4.13. The summed E-state index contributed by atoms with van der Waals surface area (Å²) >= 11 is 11.1. The highest BCUT2D eigenvalue weighted by Gasteiger charge is 2.09. The minimum atomic E-state index is 0.392. The molecule has 0 aliphatic carbocycles. The van der Waals surface area contributed by atoms with E-state index in [0.717, 1.165) is 17.7 Å². The lowest BCUT2D eigenvalue weighted by Gasteiger charge is -2.18.